The van der Waals surface area contributed by atoms with Crippen LogP contribution in [0, 0.1) is 11.8 Å². The number of hydrogen-bond donors (Lipinski definition) is 1. The molecule has 0 aromatic rings. The fourth-order valence-corrected chi connectivity index (χ4v) is 3.78. The Morgan fingerprint density at radius 1 is 0.870 bits per heavy atom. The van der Waals surface area contributed by atoms with Gasteiger partial charge >= 0.3 is 0 Å². The number of hydrogen-bond acceptors (Lipinski definition) is 5. The summed E-state index contributed by atoms with van der Waals surface area (Å²) >= 11 is 0. The molecule has 0 aromatic heterocycles. The zero-order valence-corrected chi connectivity index (χ0v) is 16.5. The Morgan fingerprint density at radius 2 is 1.35 bits per heavy atom. The third kappa shape index (κ3) is 4.45. The summed E-state index contributed by atoms with van der Waals surface area (Å²) in [7, 11) is 4.22. The maximum atomic E-state index is 6.47. The maximum absolute atomic E-state index is 6.47. The van der Waals surface area contributed by atoms with E-state index >= 15 is 0 Å². The van der Waals surface area contributed by atoms with E-state index in [1.54, 1.807) is 0 Å². The molecule has 2 heterocycles. The molecule has 2 saturated heterocycles. The molecule has 5 nitrogen and oxygen atoms in total. The molecule has 0 aliphatic carbocycles. The molecule has 5 unspecified atom stereocenters. The summed E-state index contributed by atoms with van der Waals surface area (Å²) in [6.45, 7) is 16.2. The Hall–Kier alpha value is -0.200. The molecular formula is C18H37N3O2. The predicted octanol–water partition coefficient (Wildman–Crippen LogP) is 2.68. The van der Waals surface area contributed by atoms with Crippen LogP contribution in [0.15, 0.2) is 0 Å². The molecule has 0 aromatic carbocycles. The minimum atomic E-state index is -0.176. The smallest absolute Gasteiger partial charge is 0.139 e. The van der Waals surface area contributed by atoms with Crippen molar-refractivity contribution in [1.82, 2.24) is 15.3 Å². The molecule has 2 aliphatic heterocycles. The van der Waals surface area contributed by atoms with Gasteiger partial charge in [-0.3, -0.25) is 0 Å². The highest BCUT2D eigenvalue weighted by Crippen LogP contribution is 2.39. The van der Waals surface area contributed by atoms with Gasteiger partial charge in [0.1, 0.15) is 12.5 Å². The first-order valence-electron chi connectivity index (χ1n) is 8.95. The largest absolute Gasteiger partial charge is 0.356 e. The summed E-state index contributed by atoms with van der Waals surface area (Å²) in [4.78, 5) is 0. The highest BCUT2D eigenvalue weighted by Gasteiger charge is 2.51. The van der Waals surface area contributed by atoms with Gasteiger partial charge in [-0.05, 0) is 60.4 Å². The minimum absolute atomic E-state index is 0.0209. The molecule has 136 valence electrons. The molecule has 2 rings (SSSR count). The third-order valence-corrected chi connectivity index (χ3v) is 4.87. The number of nitrogens with one attached hydrogen (secondary N) is 1. The summed E-state index contributed by atoms with van der Waals surface area (Å²) in [5, 5.41) is 8.15. The summed E-state index contributed by atoms with van der Waals surface area (Å²) < 4.78 is 12.9. The standard InChI is InChI=1S/C18H37N3O2/c1-12-10-11-19-14-13(12)15(22-17(2,3)4)20(8)21(9)16(14)23-18(5,6)7/h12-16,19H,10-11H2,1-9H3. The first kappa shape index (κ1) is 19.1. The minimum Gasteiger partial charge on any atom is -0.356 e. The van der Waals surface area contributed by atoms with Crippen LogP contribution in [0.25, 0.3) is 0 Å². The Kier molecular flexibility index (Phi) is 5.49. The number of likely N-dealkylation sites (N-methyl/N-ethyl adjacent to an activating group) is 1. The van der Waals surface area contributed by atoms with Gasteiger partial charge in [-0.1, -0.05) is 6.92 Å². The van der Waals surface area contributed by atoms with Gasteiger partial charge in [-0.2, -0.15) is 0 Å². The van der Waals surface area contributed by atoms with Gasteiger partial charge < -0.3 is 14.8 Å². The van der Waals surface area contributed by atoms with Crippen molar-refractivity contribution in [3.8, 4) is 0 Å². The normalized spacial score (nSPS) is 37.7. The lowest BCUT2D eigenvalue weighted by molar-refractivity contribution is -0.316. The molecule has 0 bridgehead atoms. The monoisotopic (exact) mass is 327 g/mol. The van der Waals surface area contributed by atoms with Crippen LogP contribution in [0.3, 0.4) is 0 Å². The molecule has 2 aliphatic rings. The van der Waals surface area contributed by atoms with Gasteiger partial charge in [0.05, 0.1) is 17.2 Å². The predicted molar refractivity (Wildman–Crippen MR) is 93.8 cm³/mol. The van der Waals surface area contributed by atoms with Crippen molar-refractivity contribution in [2.75, 3.05) is 20.6 Å². The number of piperidine rings is 1. The molecule has 1 N–H and O–H groups in total. The zero-order valence-electron chi connectivity index (χ0n) is 16.5. The van der Waals surface area contributed by atoms with Crippen molar-refractivity contribution in [3.63, 3.8) is 0 Å². The molecule has 0 spiro atoms. The molecule has 23 heavy (non-hydrogen) atoms. The van der Waals surface area contributed by atoms with E-state index in [2.05, 4.69) is 77.9 Å². The Morgan fingerprint density at radius 3 is 1.87 bits per heavy atom. The van der Waals surface area contributed by atoms with Crippen LogP contribution in [-0.4, -0.2) is 60.4 Å². The van der Waals surface area contributed by atoms with Crippen LogP contribution in [-0.2, 0) is 9.47 Å². The van der Waals surface area contributed by atoms with E-state index < -0.39 is 0 Å². The Bertz CT molecular complexity index is 402. The number of hydrazine groups is 1. The van der Waals surface area contributed by atoms with Crippen molar-refractivity contribution in [3.05, 3.63) is 0 Å². The molecule has 5 atom stereocenters. The first-order chi connectivity index (χ1) is 10.4. The van der Waals surface area contributed by atoms with Crippen LogP contribution >= 0.6 is 0 Å². The second kappa shape index (κ2) is 6.60. The molecule has 0 amide bonds. The highest BCUT2D eigenvalue weighted by molar-refractivity contribution is 4.97. The van der Waals surface area contributed by atoms with Gasteiger partial charge in [-0.15, -0.1) is 0 Å². The molecular weight excluding hydrogens is 290 g/mol. The van der Waals surface area contributed by atoms with Crippen LogP contribution in [0.5, 0.6) is 0 Å². The average molecular weight is 328 g/mol. The topological polar surface area (TPSA) is 37.0 Å². The Balaban J connectivity index is 2.31. The zero-order chi connectivity index (χ0) is 17.6. The second-order valence-electron chi connectivity index (χ2n) is 9.21. The van der Waals surface area contributed by atoms with Crippen LogP contribution in [0.4, 0.5) is 0 Å². The van der Waals surface area contributed by atoms with Gasteiger partial charge in [0.25, 0.3) is 0 Å². The summed E-state index contributed by atoms with van der Waals surface area (Å²) in [6.07, 6.45) is 1.27. The van der Waals surface area contributed by atoms with Crippen LogP contribution < -0.4 is 5.32 Å². The van der Waals surface area contributed by atoms with E-state index in [9.17, 15) is 0 Å². The Labute approximate surface area is 142 Å². The first-order valence-corrected chi connectivity index (χ1v) is 8.95. The maximum Gasteiger partial charge on any atom is 0.139 e. The molecule has 0 saturated carbocycles. The van der Waals surface area contributed by atoms with Gasteiger partial charge in [-0.25, -0.2) is 10.0 Å². The van der Waals surface area contributed by atoms with E-state index in [1.807, 2.05) is 0 Å². The number of rotatable bonds is 2. The van der Waals surface area contributed by atoms with E-state index in [1.165, 1.54) is 6.42 Å². The number of fused-ring (bicyclic) bond motifs is 1. The fraction of sp³-hybridized carbons (Fsp3) is 1.00. The van der Waals surface area contributed by atoms with E-state index in [0.717, 1.165) is 6.54 Å². The van der Waals surface area contributed by atoms with E-state index in [4.69, 9.17) is 9.47 Å². The highest BCUT2D eigenvalue weighted by atomic mass is 16.6. The fourth-order valence-electron chi connectivity index (χ4n) is 3.78. The number of nitrogens with zero attached hydrogens (tertiary/aromatic N) is 2. The molecule has 2 fully saturated rings. The van der Waals surface area contributed by atoms with Crippen molar-refractivity contribution in [2.24, 2.45) is 11.8 Å². The van der Waals surface area contributed by atoms with Crippen molar-refractivity contribution < 1.29 is 9.47 Å². The second-order valence-corrected chi connectivity index (χ2v) is 9.21. The van der Waals surface area contributed by atoms with Crippen molar-refractivity contribution in [1.29, 1.82) is 0 Å². The summed E-state index contributed by atoms with van der Waals surface area (Å²) in [5.74, 6) is 1.02. The van der Waals surface area contributed by atoms with Gasteiger partial charge in [0.2, 0.25) is 0 Å². The molecule has 0 radical (unpaired) electrons. The van der Waals surface area contributed by atoms with Gasteiger partial charge in [0, 0.05) is 20.0 Å². The third-order valence-electron chi connectivity index (χ3n) is 4.87. The summed E-state index contributed by atoms with van der Waals surface area (Å²) in [6, 6.07) is 0.284. The molecule has 5 heteroatoms. The van der Waals surface area contributed by atoms with E-state index in [-0.39, 0.29) is 29.7 Å². The van der Waals surface area contributed by atoms with Crippen molar-refractivity contribution in [2.45, 2.75) is 84.6 Å². The van der Waals surface area contributed by atoms with E-state index in [0.29, 0.717) is 11.8 Å². The van der Waals surface area contributed by atoms with Gasteiger partial charge in [0.15, 0.2) is 0 Å². The van der Waals surface area contributed by atoms with Crippen molar-refractivity contribution >= 4 is 0 Å². The lowest BCUT2D eigenvalue weighted by Crippen LogP contribution is -2.72. The summed E-state index contributed by atoms with van der Waals surface area (Å²) in [5.41, 5.74) is -0.344. The number of ether oxygens (including phenoxy) is 2. The average Bonchev–Trinajstić information content (AvgIpc) is 2.37. The van der Waals surface area contributed by atoms with Crippen LogP contribution in [0.2, 0.25) is 0 Å². The quantitative estimate of drug-likeness (QED) is 0.844. The SMILES string of the molecule is CC1CCNC2C1C(OC(C)(C)C)N(C)N(C)C2OC(C)(C)C. The lowest BCUT2D eigenvalue weighted by atomic mass is 9.78. The van der Waals surface area contributed by atoms with Crippen LogP contribution in [0.1, 0.15) is 54.9 Å². The lowest BCUT2D eigenvalue weighted by Gasteiger charge is -2.57.